The van der Waals surface area contributed by atoms with Gasteiger partial charge in [0.05, 0.1) is 0 Å². The van der Waals surface area contributed by atoms with E-state index in [0.717, 1.165) is 25.0 Å². The van der Waals surface area contributed by atoms with Gasteiger partial charge in [-0.05, 0) is 24.7 Å². The van der Waals surface area contributed by atoms with Gasteiger partial charge >= 0.3 is 0 Å². The van der Waals surface area contributed by atoms with Gasteiger partial charge in [-0.15, -0.1) is 0 Å². The molecule has 0 aromatic rings. The van der Waals surface area contributed by atoms with Crippen LogP contribution in [0.2, 0.25) is 0 Å². The summed E-state index contributed by atoms with van der Waals surface area (Å²) < 4.78 is 5.14. The molecule has 0 bridgehead atoms. The Balaban J connectivity index is 0.000000218. The largest absolute Gasteiger partial charge is 0.381 e. The first-order chi connectivity index (χ1) is 5.13. The number of ether oxygens (including phenoxy) is 1. The first kappa shape index (κ1) is 11.0. The number of hydrogen-bond acceptors (Lipinski definition) is 1. The normalized spacial score (nSPS) is 19.4. The molecular weight excluding hydrogens is 136 g/mol. The van der Waals surface area contributed by atoms with Crippen LogP contribution in [0.1, 0.15) is 40.5 Å². The predicted molar refractivity (Wildman–Crippen MR) is 49.7 cm³/mol. The van der Waals surface area contributed by atoms with Crippen molar-refractivity contribution in [2.24, 2.45) is 11.8 Å². The lowest BCUT2D eigenvalue weighted by Gasteiger charge is -2.16. The van der Waals surface area contributed by atoms with Gasteiger partial charge in [0, 0.05) is 13.2 Å². The molecule has 0 saturated carbocycles. The van der Waals surface area contributed by atoms with Gasteiger partial charge in [0.25, 0.3) is 0 Å². The van der Waals surface area contributed by atoms with E-state index in [1.54, 1.807) is 0 Å². The first-order valence-electron chi connectivity index (χ1n) is 4.70. The van der Waals surface area contributed by atoms with Gasteiger partial charge in [0.2, 0.25) is 0 Å². The van der Waals surface area contributed by atoms with Crippen LogP contribution in [-0.2, 0) is 4.74 Å². The van der Waals surface area contributed by atoms with Crippen LogP contribution in [0.3, 0.4) is 0 Å². The van der Waals surface area contributed by atoms with Crippen molar-refractivity contribution in [1.82, 2.24) is 0 Å². The summed E-state index contributed by atoms with van der Waals surface area (Å²) in [5, 5.41) is 0. The average Bonchev–Trinajstić information content (AvgIpc) is 1.87. The van der Waals surface area contributed by atoms with Gasteiger partial charge in [0.1, 0.15) is 0 Å². The second-order valence-corrected chi connectivity index (χ2v) is 4.03. The number of rotatable bonds is 0. The summed E-state index contributed by atoms with van der Waals surface area (Å²) in [5.41, 5.74) is 0. The predicted octanol–water partition coefficient (Wildman–Crippen LogP) is 3.10. The molecule has 1 fully saturated rings. The fourth-order valence-corrected chi connectivity index (χ4v) is 0.815. The van der Waals surface area contributed by atoms with Gasteiger partial charge in [-0.1, -0.05) is 27.7 Å². The Morgan fingerprint density at radius 3 is 1.64 bits per heavy atom. The summed E-state index contributed by atoms with van der Waals surface area (Å²) >= 11 is 0. The van der Waals surface area contributed by atoms with Gasteiger partial charge in [-0.3, -0.25) is 0 Å². The minimum atomic E-state index is 0.833. The van der Waals surface area contributed by atoms with Crippen molar-refractivity contribution < 1.29 is 4.74 Å². The third kappa shape index (κ3) is 9.96. The van der Waals surface area contributed by atoms with Crippen molar-refractivity contribution in [2.75, 3.05) is 13.2 Å². The molecular formula is C10H22O. The fourth-order valence-electron chi connectivity index (χ4n) is 0.815. The van der Waals surface area contributed by atoms with E-state index in [4.69, 9.17) is 4.74 Å². The molecule has 11 heavy (non-hydrogen) atoms. The van der Waals surface area contributed by atoms with Crippen LogP contribution in [0.15, 0.2) is 0 Å². The second-order valence-electron chi connectivity index (χ2n) is 4.03. The molecule has 0 aromatic heterocycles. The van der Waals surface area contributed by atoms with Gasteiger partial charge in [0.15, 0.2) is 0 Å². The Morgan fingerprint density at radius 2 is 1.45 bits per heavy atom. The van der Waals surface area contributed by atoms with Crippen LogP contribution in [0, 0.1) is 11.8 Å². The van der Waals surface area contributed by atoms with E-state index in [1.165, 1.54) is 12.8 Å². The maximum absolute atomic E-state index is 5.14. The zero-order valence-corrected chi connectivity index (χ0v) is 8.39. The molecule has 1 saturated heterocycles. The fraction of sp³-hybridized carbons (Fsp3) is 1.00. The molecule has 1 nitrogen and oxygen atoms in total. The van der Waals surface area contributed by atoms with Crippen molar-refractivity contribution in [2.45, 2.75) is 40.5 Å². The Kier molecular flexibility index (Phi) is 6.63. The van der Waals surface area contributed by atoms with E-state index >= 15 is 0 Å². The maximum atomic E-state index is 5.14. The average molecular weight is 158 g/mol. The maximum Gasteiger partial charge on any atom is 0.0468 e. The Labute approximate surface area is 71.1 Å². The van der Waals surface area contributed by atoms with Crippen molar-refractivity contribution in [1.29, 1.82) is 0 Å². The summed E-state index contributed by atoms with van der Waals surface area (Å²) in [7, 11) is 0. The topological polar surface area (TPSA) is 9.23 Å². The van der Waals surface area contributed by atoms with Gasteiger partial charge in [-0.25, -0.2) is 0 Å². The molecule has 0 unspecified atom stereocenters. The number of hydrogen-bond donors (Lipinski definition) is 0. The lowest BCUT2D eigenvalue weighted by molar-refractivity contribution is 0.0716. The van der Waals surface area contributed by atoms with Crippen LogP contribution < -0.4 is 0 Å². The van der Waals surface area contributed by atoms with Crippen LogP contribution in [0.5, 0.6) is 0 Å². The van der Waals surface area contributed by atoms with Crippen LogP contribution in [-0.4, -0.2) is 13.2 Å². The molecule has 1 aliphatic heterocycles. The van der Waals surface area contributed by atoms with Crippen molar-refractivity contribution in [3.05, 3.63) is 0 Å². The van der Waals surface area contributed by atoms with Gasteiger partial charge in [-0.2, -0.15) is 0 Å². The molecule has 0 spiro atoms. The lowest BCUT2D eigenvalue weighted by atomic mass is 10.0. The first-order valence-corrected chi connectivity index (χ1v) is 4.70. The highest BCUT2D eigenvalue weighted by molar-refractivity contribution is 4.55. The highest BCUT2D eigenvalue weighted by Crippen LogP contribution is 2.11. The third-order valence-corrected chi connectivity index (χ3v) is 1.51. The van der Waals surface area contributed by atoms with E-state index in [1.807, 2.05) is 0 Å². The van der Waals surface area contributed by atoms with Crippen molar-refractivity contribution in [3.8, 4) is 0 Å². The highest BCUT2D eigenvalue weighted by atomic mass is 16.5. The molecule has 0 aromatic carbocycles. The second kappa shape index (κ2) is 6.66. The van der Waals surface area contributed by atoms with E-state index in [-0.39, 0.29) is 0 Å². The summed E-state index contributed by atoms with van der Waals surface area (Å²) in [6.07, 6.45) is 2.53. The lowest BCUT2D eigenvalue weighted by Crippen LogP contribution is -2.12. The minimum Gasteiger partial charge on any atom is -0.381 e. The van der Waals surface area contributed by atoms with E-state index in [2.05, 4.69) is 27.7 Å². The zero-order valence-electron chi connectivity index (χ0n) is 8.39. The third-order valence-electron chi connectivity index (χ3n) is 1.51. The summed E-state index contributed by atoms with van der Waals surface area (Å²) in [5.74, 6) is 1.74. The van der Waals surface area contributed by atoms with E-state index in [0.29, 0.717) is 0 Å². The van der Waals surface area contributed by atoms with Crippen LogP contribution in [0.4, 0.5) is 0 Å². The van der Waals surface area contributed by atoms with Crippen LogP contribution in [0.25, 0.3) is 0 Å². The quantitative estimate of drug-likeness (QED) is 0.526. The van der Waals surface area contributed by atoms with Gasteiger partial charge < -0.3 is 4.74 Å². The molecule has 0 N–H and O–H groups in total. The molecule has 1 rings (SSSR count). The van der Waals surface area contributed by atoms with E-state index in [9.17, 15) is 0 Å². The molecule has 0 atom stereocenters. The zero-order chi connectivity index (χ0) is 8.69. The molecule has 0 radical (unpaired) electrons. The SMILES string of the molecule is CC(C)C.CC1CCOCC1. The molecule has 0 aliphatic carbocycles. The van der Waals surface area contributed by atoms with Crippen molar-refractivity contribution >= 4 is 0 Å². The molecule has 1 heteroatoms. The molecule has 0 amide bonds. The highest BCUT2D eigenvalue weighted by Gasteiger charge is 2.06. The van der Waals surface area contributed by atoms with Crippen molar-refractivity contribution in [3.63, 3.8) is 0 Å². The Morgan fingerprint density at radius 1 is 1.09 bits per heavy atom. The summed E-state index contributed by atoms with van der Waals surface area (Å²) in [4.78, 5) is 0. The smallest absolute Gasteiger partial charge is 0.0468 e. The Bertz CT molecular complexity index is 70.2. The standard InChI is InChI=1S/C6H12O.C4H10/c1-6-2-4-7-5-3-6;1-4(2)3/h6H,2-5H2,1H3;4H,1-3H3. The molecule has 1 heterocycles. The summed E-state index contributed by atoms with van der Waals surface area (Å²) in [6.45, 7) is 10.8. The monoisotopic (exact) mass is 158 g/mol. The Hall–Kier alpha value is -0.0400. The van der Waals surface area contributed by atoms with Crippen LogP contribution >= 0.6 is 0 Å². The molecule has 68 valence electrons. The van der Waals surface area contributed by atoms with E-state index < -0.39 is 0 Å². The minimum absolute atomic E-state index is 0.833. The molecule has 1 aliphatic rings. The summed E-state index contributed by atoms with van der Waals surface area (Å²) in [6, 6.07) is 0.